The van der Waals surface area contributed by atoms with Crippen LogP contribution in [0.1, 0.15) is 26.6 Å². The Balaban J connectivity index is 1.35. The van der Waals surface area contributed by atoms with Gasteiger partial charge in [0.2, 0.25) is 0 Å². The molecule has 0 atom stereocenters. The highest BCUT2D eigenvalue weighted by Gasteiger charge is 2.24. The molecule has 0 saturated carbocycles. The standard InChI is InChI=1S/C21H21N5O3/c1-15-5-2-3-6-16(15)24-20(27)17-13-23-19(14-22-17)25-8-10-26(11-9-25)21(28)18-7-4-12-29-18/h2-7,12-14H,8-11H2,1H3,(H,24,27). The summed E-state index contributed by atoms with van der Waals surface area (Å²) in [4.78, 5) is 37.2. The van der Waals surface area contributed by atoms with Crippen molar-refractivity contribution in [2.75, 3.05) is 36.4 Å². The molecule has 1 N–H and O–H groups in total. The van der Waals surface area contributed by atoms with Crippen LogP contribution in [0, 0.1) is 6.92 Å². The molecule has 1 fully saturated rings. The van der Waals surface area contributed by atoms with Gasteiger partial charge < -0.3 is 19.5 Å². The Morgan fingerprint density at radius 3 is 2.45 bits per heavy atom. The van der Waals surface area contributed by atoms with Gasteiger partial charge in [0.25, 0.3) is 11.8 Å². The maximum atomic E-state index is 12.4. The molecule has 1 aliphatic heterocycles. The van der Waals surface area contributed by atoms with Crippen molar-refractivity contribution in [1.29, 1.82) is 0 Å². The average molecular weight is 391 g/mol. The summed E-state index contributed by atoms with van der Waals surface area (Å²) < 4.78 is 5.18. The number of rotatable bonds is 4. The zero-order chi connectivity index (χ0) is 20.2. The van der Waals surface area contributed by atoms with Gasteiger partial charge in [-0.1, -0.05) is 18.2 Å². The van der Waals surface area contributed by atoms with E-state index >= 15 is 0 Å². The molecule has 3 aromatic rings. The highest BCUT2D eigenvalue weighted by molar-refractivity contribution is 6.03. The molecular formula is C21H21N5O3. The first-order valence-corrected chi connectivity index (χ1v) is 9.38. The molecule has 0 spiro atoms. The molecular weight excluding hydrogens is 370 g/mol. The summed E-state index contributed by atoms with van der Waals surface area (Å²) in [5, 5.41) is 2.85. The van der Waals surface area contributed by atoms with Crippen molar-refractivity contribution in [1.82, 2.24) is 14.9 Å². The number of hydrogen-bond donors (Lipinski definition) is 1. The Bertz CT molecular complexity index is 993. The van der Waals surface area contributed by atoms with E-state index in [2.05, 4.69) is 15.3 Å². The second kappa shape index (κ2) is 8.14. The van der Waals surface area contributed by atoms with Gasteiger partial charge in [0.1, 0.15) is 11.5 Å². The van der Waals surface area contributed by atoms with Crippen molar-refractivity contribution >= 4 is 23.3 Å². The normalized spacial score (nSPS) is 14.0. The number of hydrogen-bond acceptors (Lipinski definition) is 6. The summed E-state index contributed by atoms with van der Waals surface area (Å²) in [5.74, 6) is 0.626. The number of benzene rings is 1. The maximum absolute atomic E-state index is 12.4. The van der Waals surface area contributed by atoms with Crippen molar-refractivity contribution in [3.63, 3.8) is 0 Å². The van der Waals surface area contributed by atoms with Crippen molar-refractivity contribution in [2.45, 2.75) is 6.92 Å². The van der Waals surface area contributed by atoms with Crippen LogP contribution in [0.15, 0.2) is 59.5 Å². The van der Waals surface area contributed by atoms with Crippen LogP contribution in [0.2, 0.25) is 0 Å². The number of aromatic nitrogens is 2. The van der Waals surface area contributed by atoms with Crippen molar-refractivity contribution in [3.8, 4) is 0 Å². The predicted octanol–water partition coefficient (Wildman–Crippen LogP) is 2.59. The van der Waals surface area contributed by atoms with Gasteiger partial charge in [-0.2, -0.15) is 0 Å². The first-order chi connectivity index (χ1) is 14.1. The van der Waals surface area contributed by atoms with Gasteiger partial charge in [0.15, 0.2) is 5.76 Å². The van der Waals surface area contributed by atoms with Crippen LogP contribution in [0.4, 0.5) is 11.5 Å². The maximum Gasteiger partial charge on any atom is 0.289 e. The lowest BCUT2D eigenvalue weighted by Gasteiger charge is -2.34. The summed E-state index contributed by atoms with van der Waals surface area (Å²) in [6.45, 7) is 4.33. The number of nitrogens with zero attached hydrogens (tertiary/aromatic N) is 4. The van der Waals surface area contributed by atoms with E-state index in [9.17, 15) is 9.59 Å². The van der Waals surface area contributed by atoms with Crippen molar-refractivity contribution < 1.29 is 14.0 Å². The Kier molecular flexibility index (Phi) is 5.24. The van der Waals surface area contributed by atoms with Crippen LogP contribution >= 0.6 is 0 Å². The summed E-state index contributed by atoms with van der Waals surface area (Å²) >= 11 is 0. The van der Waals surface area contributed by atoms with Gasteiger partial charge in [0.05, 0.1) is 18.7 Å². The highest BCUT2D eigenvalue weighted by Crippen LogP contribution is 2.16. The van der Waals surface area contributed by atoms with Gasteiger partial charge >= 0.3 is 0 Å². The average Bonchev–Trinajstić information content (AvgIpc) is 3.30. The molecule has 1 aromatic carbocycles. The topological polar surface area (TPSA) is 91.6 Å². The molecule has 148 valence electrons. The van der Waals surface area contributed by atoms with E-state index in [0.29, 0.717) is 37.8 Å². The van der Waals surface area contributed by atoms with Gasteiger partial charge in [-0.15, -0.1) is 0 Å². The number of para-hydroxylation sites is 1. The van der Waals surface area contributed by atoms with E-state index in [4.69, 9.17) is 4.42 Å². The molecule has 0 radical (unpaired) electrons. The number of aryl methyl sites for hydroxylation is 1. The molecule has 0 bridgehead atoms. The predicted molar refractivity (Wildman–Crippen MR) is 108 cm³/mol. The smallest absolute Gasteiger partial charge is 0.289 e. The van der Waals surface area contributed by atoms with E-state index in [1.54, 1.807) is 23.2 Å². The summed E-state index contributed by atoms with van der Waals surface area (Å²) in [5.41, 5.74) is 1.98. The molecule has 2 aromatic heterocycles. The van der Waals surface area contributed by atoms with Crippen LogP contribution in [0.5, 0.6) is 0 Å². The zero-order valence-corrected chi connectivity index (χ0v) is 16.0. The number of furan rings is 1. The van der Waals surface area contributed by atoms with Crippen LogP contribution in [0.25, 0.3) is 0 Å². The van der Waals surface area contributed by atoms with Gasteiger partial charge in [0, 0.05) is 31.9 Å². The lowest BCUT2D eigenvalue weighted by molar-refractivity contribution is 0.0714. The first kappa shape index (κ1) is 18.7. The minimum Gasteiger partial charge on any atom is -0.459 e. The highest BCUT2D eigenvalue weighted by atomic mass is 16.3. The Hall–Kier alpha value is -3.68. The number of piperazine rings is 1. The minimum absolute atomic E-state index is 0.107. The summed E-state index contributed by atoms with van der Waals surface area (Å²) in [6.07, 6.45) is 4.57. The fourth-order valence-corrected chi connectivity index (χ4v) is 3.20. The minimum atomic E-state index is -0.299. The quantitative estimate of drug-likeness (QED) is 0.735. The molecule has 1 saturated heterocycles. The van der Waals surface area contributed by atoms with Crippen LogP contribution < -0.4 is 10.2 Å². The van der Waals surface area contributed by atoms with E-state index in [0.717, 1.165) is 11.3 Å². The number of amides is 2. The molecule has 29 heavy (non-hydrogen) atoms. The van der Waals surface area contributed by atoms with E-state index < -0.39 is 0 Å². The van der Waals surface area contributed by atoms with Crippen LogP contribution in [0.3, 0.4) is 0 Å². The number of nitrogens with one attached hydrogen (secondary N) is 1. The van der Waals surface area contributed by atoms with Gasteiger partial charge in [-0.05, 0) is 30.7 Å². The van der Waals surface area contributed by atoms with Gasteiger partial charge in [-0.3, -0.25) is 9.59 Å². The Labute approximate surface area is 168 Å². The molecule has 3 heterocycles. The van der Waals surface area contributed by atoms with E-state index in [-0.39, 0.29) is 17.5 Å². The molecule has 1 aliphatic rings. The largest absolute Gasteiger partial charge is 0.459 e. The second-order valence-electron chi connectivity index (χ2n) is 6.79. The summed E-state index contributed by atoms with van der Waals surface area (Å²) in [7, 11) is 0. The first-order valence-electron chi connectivity index (χ1n) is 9.38. The monoisotopic (exact) mass is 391 g/mol. The lowest BCUT2D eigenvalue weighted by Crippen LogP contribution is -2.49. The second-order valence-corrected chi connectivity index (χ2v) is 6.79. The number of carbonyl (C=O) groups is 2. The molecule has 0 unspecified atom stereocenters. The third kappa shape index (κ3) is 4.11. The fraction of sp³-hybridized carbons (Fsp3) is 0.238. The van der Waals surface area contributed by atoms with Crippen LogP contribution in [-0.4, -0.2) is 52.9 Å². The number of carbonyl (C=O) groups excluding carboxylic acids is 2. The van der Waals surface area contributed by atoms with E-state index in [1.165, 1.54) is 12.5 Å². The van der Waals surface area contributed by atoms with Crippen molar-refractivity contribution in [3.05, 3.63) is 72.1 Å². The number of anilines is 2. The Morgan fingerprint density at radius 2 is 1.79 bits per heavy atom. The molecule has 2 amide bonds. The lowest BCUT2D eigenvalue weighted by atomic mass is 10.2. The molecule has 0 aliphatic carbocycles. The van der Waals surface area contributed by atoms with Crippen molar-refractivity contribution in [2.24, 2.45) is 0 Å². The third-order valence-electron chi connectivity index (χ3n) is 4.89. The zero-order valence-electron chi connectivity index (χ0n) is 16.0. The third-order valence-corrected chi connectivity index (χ3v) is 4.89. The molecule has 8 heteroatoms. The fourth-order valence-electron chi connectivity index (χ4n) is 3.20. The summed E-state index contributed by atoms with van der Waals surface area (Å²) in [6, 6.07) is 10.9. The van der Waals surface area contributed by atoms with Gasteiger partial charge in [-0.25, -0.2) is 9.97 Å². The van der Waals surface area contributed by atoms with E-state index in [1.807, 2.05) is 36.1 Å². The molecule has 4 rings (SSSR count). The van der Waals surface area contributed by atoms with Crippen LogP contribution in [-0.2, 0) is 0 Å². The SMILES string of the molecule is Cc1ccccc1NC(=O)c1cnc(N2CCN(C(=O)c3ccco3)CC2)cn1. The Morgan fingerprint density at radius 1 is 1.00 bits per heavy atom. The molecule has 8 nitrogen and oxygen atoms in total.